The lowest BCUT2D eigenvalue weighted by Crippen LogP contribution is -2.50. The second kappa shape index (κ2) is 7.36. The van der Waals surface area contributed by atoms with Gasteiger partial charge in [0, 0.05) is 13.1 Å². The predicted molar refractivity (Wildman–Crippen MR) is 93.3 cm³/mol. The lowest BCUT2D eigenvalue weighted by Gasteiger charge is -2.36. The minimum atomic E-state index is -0.228. The number of ether oxygens (including phenoxy) is 1. The summed E-state index contributed by atoms with van der Waals surface area (Å²) >= 11 is 1.39. The van der Waals surface area contributed by atoms with Crippen LogP contribution >= 0.6 is 11.8 Å². The summed E-state index contributed by atoms with van der Waals surface area (Å²) in [6, 6.07) is 9.80. The molecule has 6 nitrogen and oxygen atoms in total. The average molecular weight is 346 g/mol. The molecule has 2 heterocycles. The molecule has 1 aliphatic heterocycles. The molecular formula is C17H22N4O2S. The number of aromatic nitrogens is 3. The summed E-state index contributed by atoms with van der Waals surface area (Å²) in [5.74, 6) is 0.109. The van der Waals surface area contributed by atoms with Crippen molar-refractivity contribution in [3.05, 3.63) is 36.7 Å². The number of nitrogens with zero attached hydrogens (tertiary/aromatic N) is 4. The van der Waals surface area contributed by atoms with Gasteiger partial charge in [-0.15, -0.1) is 5.10 Å². The number of rotatable bonds is 4. The van der Waals surface area contributed by atoms with Gasteiger partial charge in [0.25, 0.3) is 0 Å². The van der Waals surface area contributed by atoms with Gasteiger partial charge in [0.1, 0.15) is 6.33 Å². The molecule has 0 spiro atoms. The highest BCUT2D eigenvalue weighted by molar-refractivity contribution is 8.00. The van der Waals surface area contributed by atoms with Crippen LogP contribution in [0, 0.1) is 0 Å². The first-order valence-electron chi connectivity index (χ1n) is 8.11. The molecule has 0 aliphatic carbocycles. The van der Waals surface area contributed by atoms with Gasteiger partial charge in [0.05, 0.1) is 23.1 Å². The van der Waals surface area contributed by atoms with Gasteiger partial charge in [-0.05, 0) is 32.9 Å². The molecule has 0 N–H and O–H groups in total. The smallest absolute Gasteiger partial charge is 0.236 e. The highest BCUT2D eigenvalue weighted by atomic mass is 32.2. The Morgan fingerprint density at radius 2 is 1.92 bits per heavy atom. The molecule has 3 atom stereocenters. The van der Waals surface area contributed by atoms with E-state index in [1.165, 1.54) is 11.8 Å². The molecule has 1 amide bonds. The summed E-state index contributed by atoms with van der Waals surface area (Å²) in [4.78, 5) is 18.8. The second-order valence-electron chi connectivity index (χ2n) is 6.07. The molecule has 0 radical (unpaired) electrons. The van der Waals surface area contributed by atoms with Crippen molar-refractivity contribution in [2.24, 2.45) is 0 Å². The van der Waals surface area contributed by atoms with E-state index in [-0.39, 0.29) is 23.4 Å². The van der Waals surface area contributed by atoms with Crippen molar-refractivity contribution in [1.29, 1.82) is 0 Å². The van der Waals surface area contributed by atoms with E-state index in [1.807, 2.05) is 56.0 Å². The number of morpholine rings is 1. The van der Waals surface area contributed by atoms with Gasteiger partial charge in [-0.3, -0.25) is 4.79 Å². The molecular weight excluding hydrogens is 324 g/mol. The molecule has 1 fully saturated rings. The summed E-state index contributed by atoms with van der Waals surface area (Å²) in [5, 5.41) is 4.83. The maximum absolute atomic E-state index is 12.7. The zero-order valence-electron chi connectivity index (χ0n) is 14.1. The summed E-state index contributed by atoms with van der Waals surface area (Å²) in [6.07, 6.45) is 1.82. The Labute approximate surface area is 146 Å². The van der Waals surface area contributed by atoms with E-state index in [4.69, 9.17) is 4.74 Å². The Bertz CT molecular complexity index is 681. The Morgan fingerprint density at radius 1 is 1.25 bits per heavy atom. The normalized spacial score (nSPS) is 22.4. The molecule has 1 aliphatic rings. The van der Waals surface area contributed by atoms with Gasteiger partial charge < -0.3 is 9.64 Å². The van der Waals surface area contributed by atoms with Crippen molar-refractivity contribution >= 4 is 17.7 Å². The van der Waals surface area contributed by atoms with Gasteiger partial charge in [0.2, 0.25) is 11.1 Å². The monoisotopic (exact) mass is 346 g/mol. The summed E-state index contributed by atoms with van der Waals surface area (Å²) in [7, 11) is 0. The second-order valence-corrected chi connectivity index (χ2v) is 7.38. The van der Waals surface area contributed by atoms with Gasteiger partial charge in [-0.25, -0.2) is 9.67 Å². The number of carbonyl (C=O) groups excluding carboxylic acids is 1. The molecule has 1 saturated heterocycles. The van der Waals surface area contributed by atoms with Crippen molar-refractivity contribution in [3.63, 3.8) is 0 Å². The number of hydrogen-bond acceptors (Lipinski definition) is 5. The first-order valence-corrected chi connectivity index (χ1v) is 8.99. The van der Waals surface area contributed by atoms with E-state index >= 15 is 0 Å². The third kappa shape index (κ3) is 3.96. The molecule has 7 heteroatoms. The van der Waals surface area contributed by atoms with Crippen LogP contribution in [-0.4, -0.2) is 56.1 Å². The standard InChI is InChI=1S/C17H22N4O2S/c1-12-9-20(10-13(2)23-12)16(22)14(3)24-17-18-11-21(19-17)15-7-5-4-6-8-15/h4-8,11-14H,9-10H2,1-3H3/t12-,13+,14-/m1/s1. The third-order valence-corrected chi connectivity index (χ3v) is 4.81. The van der Waals surface area contributed by atoms with Gasteiger partial charge in [0.15, 0.2) is 0 Å². The average Bonchev–Trinajstić information content (AvgIpc) is 3.02. The number of hydrogen-bond donors (Lipinski definition) is 0. The van der Waals surface area contributed by atoms with E-state index in [0.717, 1.165) is 5.69 Å². The molecule has 3 rings (SSSR count). The van der Waals surface area contributed by atoms with Crippen molar-refractivity contribution < 1.29 is 9.53 Å². The Balaban J connectivity index is 1.63. The van der Waals surface area contributed by atoms with Crippen LogP contribution in [0.4, 0.5) is 0 Å². The quantitative estimate of drug-likeness (QED) is 0.796. The van der Waals surface area contributed by atoms with Gasteiger partial charge in [-0.2, -0.15) is 0 Å². The highest BCUT2D eigenvalue weighted by Gasteiger charge is 2.29. The van der Waals surface area contributed by atoms with E-state index < -0.39 is 0 Å². The minimum absolute atomic E-state index is 0.0744. The fourth-order valence-corrected chi connectivity index (χ4v) is 3.64. The first kappa shape index (κ1) is 17.0. The molecule has 1 aromatic carbocycles. The SMILES string of the molecule is C[C@@H]1CN(C(=O)[C@@H](C)Sc2ncn(-c3ccccc3)n2)C[C@H](C)O1. The molecule has 128 valence electrons. The van der Waals surface area contributed by atoms with Crippen LogP contribution < -0.4 is 0 Å². The molecule has 0 saturated carbocycles. The Hall–Kier alpha value is -1.86. The van der Waals surface area contributed by atoms with Crippen LogP contribution in [0.5, 0.6) is 0 Å². The fourth-order valence-electron chi connectivity index (χ4n) is 2.83. The highest BCUT2D eigenvalue weighted by Crippen LogP contribution is 2.23. The molecule has 0 unspecified atom stereocenters. The van der Waals surface area contributed by atoms with Crippen LogP contribution in [0.15, 0.2) is 41.8 Å². The largest absolute Gasteiger partial charge is 0.372 e. The van der Waals surface area contributed by atoms with Crippen LogP contribution in [-0.2, 0) is 9.53 Å². The van der Waals surface area contributed by atoms with E-state index in [9.17, 15) is 4.79 Å². The molecule has 2 aromatic rings. The van der Waals surface area contributed by atoms with Crippen LogP contribution in [0.3, 0.4) is 0 Å². The maximum Gasteiger partial charge on any atom is 0.236 e. The van der Waals surface area contributed by atoms with Gasteiger partial charge >= 0.3 is 0 Å². The minimum Gasteiger partial charge on any atom is -0.372 e. The fraction of sp³-hybridized carbons (Fsp3) is 0.471. The van der Waals surface area contributed by atoms with E-state index in [0.29, 0.717) is 18.2 Å². The molecule has 0 bridgehead atoms. The zero-order chi connectivity index (χ0) is 17.1. The van der Waals surface area contributed by atoms with Crippen LogP contribution in [0.25, 0.3) is 5.69 Å². The predicted octanol–water partition coefficient (Wildman–Crippen LogP) is 2.38. The number of carbonyl (C=O) groups is 1. The van der Waals surface area contributed by atoms with E-state index in [2.05, 4.69) is 10.1 Å². The van der Waals surface area contributed by atoms with Crippen LogP contribution in [0.1, 0.15) is 20.8 Å². The number of thioether (sulfide) groups is 1. The zero-order valence-corrected chi connectivity index (χ0v) is 14.9. The Kier molecular flexibility index (Phi) is 5.20. The topological polar surface area (TPSA) is 60.2 Å². The van der Waals surface area contributed by atoms with Gasteiger partial charge in [-0.1, -0.05) is 30.0 Å². The van der Waals surface area contributed by atoms with E-state index in [1.54, 1.807) is 11.0 Å². The maximum atomic E-state index is 12.7. The summed E-state index contributed by atoms with van der Waals surface area (Å²) in [6.45, 7) is 7.18. The lowest BCUT2D eigenvalue weighted by atomic mass is 10.2. The third-order valence-electron chi connectivity index (χ3n) is 3.85. The number of benzene rings is 1. The molecule has 24 heavy (non-hydrogen) atoms. The first-order chi connectivity index (χ1) is 11.5. The Morgan fingerprint density at radius 3 is 2.58 bits per heavy atom. The van der Waals surface area contributed by atoms with Crippen molar-refractivity contribution in [2.75, 3.05) is 13.1 Å². The molecule has 1 aromatic heterocycles. The van der Waals surface area contributed by atoms with Crippen molar-refractivity contribution in [2.45, 2.75) is 43.4 Å². The number of amides is 1. The summed E-state index contributed by atoms with van der Waals surface area (Å²) in [5.41, 5.74) is 0.951. The summed E-state index contributed by atoms with van der Waals surface area (Å²) < 4.78 is 7.41. The number of para-hydroxylation sites is 1. The lowest BCUT2D eigenvalue weighted by molar-refractivity contribution is -0.142. The van der Waals surface area contributed by atoms with Crippen LogP contribution in [0.2, 0.25) is 0 Å². The van der Waals surface area contributed by atoms with Crippen molar-refractivity contribution in [3.8, 4) is 5.69 Å². The van der Waals surface area contributed by atoms with Crippen molar-refractivity contribution in [1.82, 2.24) is 19.7 Å².